The lowest BCUT2D eigenvalue weighted by Gasteiger charge is -2.33. The molecule has 1 fully saturated rings. The first kappa shape index (κ1) is 18.0. The van der Waals surface area contributed by atoms with Crippen molar-refractivity contribution in [3.8, 4) is 0 Å². The number of tetrazole rings is 1. The van der Waals surface area contributed by atoms with E-state index < -0.39 is 0 Å². The third-order valence-corrected chi connectivity index (χ3v) is 5.13. The molecule has 0 bridgehead atoms. The highest BCUT2D eigenvalue weighted by Gasteiger charge is 2.29. The van der Waals surface area contributed by atoms with Crippen molar-refractivity contribution in [1.29, 1.82) is 0 Å². The van der Waals surface area contributed by atoms with Gasteiger partial charge in [0.2, 0.25) is 0 Å². The highest BCUT2D eigenvalue weighted by molar-refractivity contribution is 7.10. The van der Waals surface area contributed by atoms with E-state index in [9.17, 15) is 0 Å². The Hall–Kier alpha value is -1.80. The summed E-state index contributed by atoms with van der Waals surface area (Å²) >= 11 is 1.75. The second-order valence-corrected chi connectivity index (χ2v) is 6.73. The summed E-state index contributed by atoms with van der Waals surface area (Å²) in [5, 5.41) is 14.7. The summed E-state index contributed by atoms with van der Waals surface area (Å²) in [6.07, 6.45) is 0. The number of morpholine rings is 1. The van der Waals surface area contributed by atoms with Gasteiger partial charge in [-0.05, 0) is 27.4 Å². The molecule has 1 aliphatic heterocycles. The van der Waals surface area contributed by atoms with E-state index in [0.29, 0.717) is 6.54 Å². The predicted molar refractivity (Wildman–Crippen MR) is 99.2 cm³/mol. The monoisotopic (exact) mass is 377 g/mol. The smallest absolute Gasteiger partial charge is 0.174 e. The predicted octanol–water partition coefficient (Wildman–Crippen LogP) is 2.63. The Morgan fingerprint density at radius 2 is 1.88 bits per heavy atom. The fraction of sp³-hybridized carbons (Fsp3) is 0.353. The quantitative estimate of drug-likeness (QED) is 0.684. The van der Waals surface area contributed by atoms with Crippen LogP contribution in [0.4, 0.5) is 0 Å². The van der Waals surface area contributed by atoms with Crippen molar-refractivity contribution in [3.63, 3.8) is 0 Å². The lowest BCUT2D eigenvalue weighted by molar-refractivity contribution is 0.0223. The van der Waals surface area contributed by atoms with E-state index in [1.807, 2.05) is 22.9 Å². The third-order valence-electron chi connectivity index (χ3n) is 4.20. The zero-order valence-corrected chi connectivity index (χ0v) is 15.3. The lowest BCUT2D eigenvalue weighted by atomic mass is 10.1. The van der Waals surface area contributed by atoms with Gasteiger partial charge in [0.1, 0.15) is 6.04 Å². The van der Waals surface area contributed by atoms with Crippen molar-refractivity contribution in [3.05, 3.63) is 64.1 Å². The SMILES string of the molecule is Cl.c1ccc(Cn2nnnc2C(c2cccs2)N2CCOCC2)cc1. The molecule has 0 spiro atoms. The normalized spacial score (nSPS) is 16.3. The summed E-state index contributed by atoms with van der Waals surface area (Å²) in [7, 11) is 0. The van der Waals surface area contributed by atoms with Gasteiger partial charge in [-0.15, -0.1) is 28.8 Å². The van der Waals surface area contributed by atoms with Gasteiger partial charge in [0.25, 0.3) is 0 Å². The Labute approximate surface area is 156 Å². The van der Waals surface area contributed by atoms with Crippen molar-refractivity contribution in [1.82, 2.24) is 25.1 Å². The summed E-state index contributed by atoms with van der Waals surface area (Å²) in [6, 6.07) is 14.6. The van der Waals surface area contributed by atoms with Gasteiger partial charge in [0.05, 0.1) is 19.8 Å². The standard InChI is InChI=1S/C17H19N5OS.ClH/c1-2-5-14(6-3-1)13-22-17(18-19-20-22)16(15-7-4-12-24-15)21-8-10-23-11-9-21;/h1-7,12,16H,8-11,13H2;1H. The summed E-state index contributed by atoms with van der Waals surface area (Å²) in [6.45, 7) is 3.96. The van der Waals surface area contributed by atoms with Crippen molar-refractivity contribution in [2.24, 2.45) is 0 Å². The minimum atomic E-state index is 0. The fourth-order valence-electron chi connectivity index (χ4n) is 3.03. The van der Waals surface area contributed by atoms with Crippen molar-refractivity contribution >= 4 is 23.7 Å². The van der Waals surface area contributed by atoms with E-state index in [2.05, 4.69) is 50.1 Å². The zero-order chi connectivity index (χ0) is 16.2. The van der Waals surface area contributed by atoms with Crippen LogP contribution in [0.3, 0.4) is 0 Å². The van der Waals surface area contributed by atoms with E-state index in [1.54, 1.807) is 11.3 Å². The number of thiophene rings is 1. The van der Waals surface area contributed by atoms with Crippen LogP contribution in [0.15, 0.2) is 47.8 Å². The zero-order valence-electron chi connectivity index (χ0n) is 13.7. The first-order valence-electron chi connectivity index (χ1n) is 8.07. The molecule has 0 radical (unpaired) electrons. The summed E-state index contributed by atoms with van der Waals surface area (Å²) in [5.74, 6) is 0.892. The molecule has 0 aliphatic carbocycles. The molecule has 8 heteroatoms. The molecule has 1 saturated heterocycles. The molecule has 0 N–H and O–H groups in total. The maximum Gasteiger partial charge on any atom is 0.174 e. The topological polar surface area (TPSA) is 56.1 Å². The second-order valence-electron chi connectivity index (χ2n) is 5.75. The molecular weight excluding hydrogens is 358 g/mol. The summed E-state index contributed by atoms with van der Waals surface area (Å²) < 4.78 is 7.43. The van der Waals surface area contributed by atoms with Crippen LogP contribution in [0.25, 0.3) is 0 Å². The molecule has 1 unspecified atom stereocenters. The Morgan fingerprint density at radius 1 is 1.08 bits per heavy atom. The number of hydrogen-bond acceptors (Lipinski definition) is 6. The van der Waals surface area contributed by atoms with E-state index in [4.69, 9.17) is 4.74 Å². The average molecular weight is 378 g/mol. The summed E-state index contributed by atoms with van der Waals surface area (Å²) in [4.78, 5) is 3.67. The fourth-order valence-corrected chi connectivity index (χ4v) is 3.88. The van der Waals surface area contributed by atoms with Crippen molar-refractivity contribution in [2.75, 3.05) is 26.3 Å². The van der Waals surface area contributed by atoms with Gasteiger partial charge in [-0.1, -0.05) is 36.4 Å². The van der Waals surface area contributed by atoms with Crippen LogP contribution in [0, 0.1) is 0 Å². The van der Waals surface area contributed by atoms with Gasteiger partial charge in [-0.3, -0.25) is 4.90 Å². The van der Waals surface area contributed by atoms with Gasteiger partial charge in [-0.25, -0.2) is 4.68 Å². The van der Waals surface area contributed by atoms with Crippen LogP contribution >= 0.6 is 23.7 Å². The third kappa shape index (κ3) is 4.07. The molecule has 25 heavy (non-hydrogen) atoms. The van der Waals surface area contributed by atoms with E-state index >= 15 is 0 Å². The van der Waals surface area contributed by atoms with Gasteiger partial charge in [0, 0.05) is 18.0 Å². The van der Waals surface area contributed by atoms with Gasteiger partial charge < -0.3 is 4.74 Å². The molecule has 0 amide bonds. The molecule has 4 rings (SSSR count). The van der Waals surface area contributed by atoms with Crippen molar-refractivity contribution < 1.29 is 4.74 Å². The highest BCUT2D eigenvalue weighted by atomic mass is 35.5. The Bertz CT molecular complexity index is 758. The van der Waals surface area contributed by atoms with Crippen LogP contribution in [0.5, 0.6) is 0 Å². The number of nitrogens with zero attached hydrogens (tertiary/aromatic N) is 5. The maximum absolute atomic E-state index is 5.51. The number of rotatable bonds is 5. The first-order valence-corrected chi connectivity index (χ1v) is 8.95. The first-order chi connectivity index (χ1) is 11.9. The largest absolute Gasteiger partial charge is 0.379 e. The van der Waals surface area contributed by atoms with E-state index in [1.165, 1.54) is 10.4 Å². The van der Waals surface area contributed by atoms with Gasteiger partial charge in [0.15, 0.2) is 5.82 Å². The van der Waals surface area contributed by atoms with Crippen LogP contribution in [-0.4, -0.2) is 51.4 Å². The Kier molecular flexibility index (Phi) is 6.14. The summed E-state index contributed by atoms with van der Waals surface area (Å²) in [5.41, 5.74) is 1.19. The molecule has 132 valence electrons. The van der Waals surface area contributed by atoms with E-state index in [-0.39, 0.29) is 18.4 Å². The average Bonchev–Trinajstić information content (AvgIpc) is 3.31. The number of aromatic nitrogens is 4. The maximum atomic E-state index is 5.51. The van der Waals surface area contributed by atoms with Crippen LogP contribution in [0.1, 0.15) is 22.3 Å². The molecular formula is C17H20ClN5OS. The lowest BCUT2D eigenvalue weighted by Crippen LogP contribution is -2.40. The van der Waals surface area contributed by atoms with Gasteiger partial charge >= 0.3 is 0 Å². The minimum Gasteiger partial charge on any atom is -0.379 e. The van der Waals surface area contributed by atoms with Gasteiger partial charge in [-0.2, -0.15) is 0 Å². The second kappa shape index (κ2) is 8.53. The molecule has 6 nitrogen and oxygen atoms in total. The number of ether oxygens (including phenoxy) is 1. The molecule has 3 heterocycles. The van der Waals surface area contributed by atoms with Crippen LogP contribution in [0.2, 0.25) is 0 Å². The highest BCUT2D eigenvalue weighted by Crippen LogP contribution is 2.31. The molecule has 1 aliphatic rings. The molecule has 1 atom stereocenters. The molecule has 2 aromatic heterocycles. The Morgan fingerprint density at radius 3 is 2.60 bits per heavy atom. The number of halogens is 1. The number of hydrogen-bond donors (Lipinski definition) is 0. The molecule has 3 aromatic rings. The minimum absolute atomic E-state index is 0. The van der Waals surface area contributed by atoms with Crippen molar-refractivity contribution in [2.45, 2.75) is 12.6 Å². The van der Waals surface area contributed by atoms with Crippen LogP contribution in [-0.2, 0) is 11.3 Å². The molecule has 1 aromatic carbocycles. The number of benzene rings is 1. The van der Waals surface area contributed by atoms with Crippen LogP contribution < -0.4 is 0 Å². The molecule has 0 saturated carbocycles. The Balaban J connectivity index is 0.00000182. The van der Waals surface area contributed by atoms with E-state index in [0.717, 1.165) is 32.1 Å².